The van der Waals surface area contributed by atoms with E-state index in [2.05, 4.69) is 37.0 Å². The highest BCUT2D eigenvalue weighted by Crippen LogP contribution is 2.31. The summed E-state index contributed by atoms with van der Waals surface area (Å²) in [5.74, 6) is 0. The third-order valence-corrected chi connectivity index (χ3v) is 4.40. The predicted octanol–water partition coefficient (Wildman–Crippen LogP) is 2.56. The van der Waals surface area contributed by atoms with Crippen molar-refractivity contribution in [3.8, 4) is 0 Å². The highest BCUT2D eigenvalue weighted by Gasteiger charge is 2.35. The van der Waals surface area contributed by atoms with E-state index in [1.165, 1.54) is 32.4 Å². The van der Waals surface area contributed by atoms with Crippen LogP contribution in [0.1, 0.15) is 58.1 Å². The first-order valence-electron chi connectivity index (χ1n) is 7.58. The lowest BCUT2D eigenvalue weighted by molar-refractivity contribution is 0.0729. The number of rotatable bonds is 5. The Kier molecular flexibility index (Phi) is 4.63. The van der Waals surface area contributed by atoms with Gasteiger partial charge in [0.15, 0.2) is 0 Å². The summed E-state index contributed by atoms with van der Waals surface area (Å²) in [6.07, 6.45) is 9.10. The average molecular weight is 264 g/mol. The lowest BCUT2D eigenvalue weighted by atomic mass is 9.87. The number of hydrogen-bond donors (Lipinski definition) is 1. The minimum absolute atomic E-state index is 0.000494. The zero-order chi connectivity index (χ0) is 13.9. The van der Waals surface area contributed by atoms with Crippen LogP contribution in [0, 0.1) is 0 Å². The van der Waals surface area contributed by atoms with Crippen molar-refractivity contribution in [3.63, 3.8) is 0 Å². The van der Waals surface area contributed by atoms with Crippen LogP contribution in [-0.4, -0.2) is 33.3 Å². The van der Waals surface area contributed by atoms with Gasteiger partial charge in [-0.2, -0.15) is 5.10 Å². The van der Waals surface area contributed by atoms with Crippen LogP contribution in [0.5, 0.6) is 0 Å². The maximum atomic E-state index is 6.52. The van der Waals surface area contributed by atoms with Crippen molar-refractivity contribution in [2.24, 2.45) is 5.73 Å². The average Bonchev–Trinajstić information content (AvgIpc) is 2.88. The molecule has 108 valence electrons. The zero-order valence-corrected chi connectivity index (χ0v) is 12.6. The van der Waals surface area contributed by atoms with Crippen molar-refractivity contribution >= 4 is 0 Å². The van der Waals surface area contributed by atoms with Crippen LogP contribution in [0.2, 0.25) is 0 Å². The second kappa shape index (κ2) is 6.06. The highest BCUT2D eigenvalue weighted by molar-refractivity contribution is 5.16. The van der Waals surface area contributed by atoms with Crippen LogP contribution in [-0.2, 0) is 6.54 Å². The van der Waals surface area contributed by atoms with Gasteiger partial charge >= 0.3 is 0 Å². The molecule has 0 aliphatic carbocycles. The first-order chi connectivity index (χ1) is 9.05. The molecule has 0 spiro atoms. The SMILES string of the molecule is CCCn1cc(C(N)C(C)(C)N2CCCCC2)cn1. The summed E-state index contributed by atoms with van der Waals surface area (Å²) in [7, 11) is 0. The van der Waals surface area contributed by atoms with Gasteiger partial charge in [0.25, 0.3) is 0 Å². The Hall–Kier alpha value is -0.870. The van der Waals surface area contributed by atoms with Crippen LogP contribution in [0.4, 0.5) is 0 Å². The standard InChI is InChI=1S/C15H28N4/c1-4-8-19-12-13(11-17-19)14(16)15(2,3)18-9-6-5-7-10-18/h11-12,14H,4-10,16H2,1-3H3. The van der Waals surface area contributed by atoms with Gasteiger partial charge in [-0.25, -0.2) is 0 Å². The second-order valence-corrected chi connectivity index (χ2v) is 6.22. The normalized spacial score (nSPS) is 19.6. The molecule has 2 rings (SSSR count). The highest BCUT2D eigenvalue weighted by atomic mass is 15.3. The van der Waals surface area contributed by atoms with Gasteiger partial charge < -0.3 is 5.73 Å². The molecule has 0 saturated carbocycles. The maximum absolute atomic E-state index is 6.52. The molecule has 0 aromatic carbocycles. The van der Waals surface area contributed by atoms with E-state index in [1.54, 1.807) is 0 Å². The van der Waals surface area contributed by atoms with Crippen molar-refractivity contribution in [1.82, 2.24) is 14.7 Å². The molecule has 2 heterocycles. The second-order valence-electron chi connectivity index (χ2n) is 6.22. The fourth-order valence-corrected chi connectivity index (χ4v) is 2.97. The molecule has 1 saturated heterocycles. The number of hydrogen-bond acceptors (Lipinski definition) is 3. The number of aromatic nitrogens is 2. The molecule has 1 atom stereocenters. The van der Waals surface area contributed by atoms with Crippen LogP contribution < -0.4 is 5.73 Å². The van der Waals surface area contributed by atoms with Gasteiger partial charge in [0.1, 0.15) is 0 Å². The van der Waals surface area contributed by atoms with Crippen molar-refractivity contribution in [2.75, 3.05) is 13.1 Å². The minimum atomic E-state index is 0.000494. The Labute approximate surface area is 117 Å². The quantitative estimate of drug-likeness (QED) is 0.889. The smallest absolute Gasteiger partial charge is 0.0538 e. The molecule has 2 N–H and O–H groups in total. The van der Waals surface area contributed by atoms with Gasteiger partial charge in [-0.05, 0) is 46.2 Å². The largest absolute Gasteiger partial charge is 0.322 e. The van der Waals surface area contributed by atoms with Gasteiger partial charge in [-0.1, -0.05) is 13.3 Å². The summed E-state index contributed by atoms with van der Waals surface area (Å²) >= 11 is 0. The zero-order valence-electron chi connectivity index (χ0n) is 12.6. The molecule has 1 aromatic rings. The van der Waals surface area contributed by atoms with Crippen LogP contribution >= 0.6 is 0 Å². The lowest BCUT2D eigenvalue weighted by Gasteiger charge is -2.44. The molecule has 0 bridgehead atoms. The molecular formula is C15H28N4. The van der Waals surface area contributed by atoms with Crippen molar-refractivity contribution in [1.29, 1.82) is 0 Å². The maximum Gasteiger partial charge on any atom is 0.0538 e. The van der Waals surface area contributed by atoms with Gasteiger partial charge in [0, 0.05) is 23.8 Å². The van der Waals surface area contributed by atoms with E-state index in [-0.39, 0.29) is 11.6 Å². The van der Waals surface area contributed by atoms with Crippen molar-refractivity contribution < 1.29 is 0 Å². The number of likely N-dealkylation sites (tertiary alicyclic amines) is 1. The van der Waals surface area contributed by atoms with E-state index in [1.807, 2.05) is 10.9 Å². The molecule has 0 amide bonds. The van der Waals surface area contributed by atoms with Gasteiger partial charge in [0.05, 0.1) is 12.2 Å². The van der Waals surface area contributed by atoms with Gasteiger partial charge in [-0.15, -0.1) is 0 Å². The van der Waals surface area contributed by atoms with E-state index in [9.17, 15) is 0 Å². The monoisotopic (exact) mass is 264 g/mol. The van der Waals surface area contributed by atoms with E-state index in [4.69, 9.17) is 5.73 Å². The number of aryl methyl sites for hydroxylation is 1. The summed E-state index contributed by atoms with van der Waals surface area (Å²) in [6.45, 7) is 10.0. The Morgan fingerprint density at radius 2 is 2.00 bits per heavy atom. The Bertz CT molecular complexity index is 391. The molecule has 19 heavy (non-hydrogen) atoms. The van der Waals surface area contributed by atoms with Gasteiger partial charge in [0.2, 0.25) is 0 Å². The van der Waals surface area contributed by atoms with E-state index in [0.29, 0.717) is 0 Å². The summed E-state index contributed by atoms with van der Waals surface area (Å²) < 4.78 is 2.00. The summed E-state index contributed by atoms with van der Waals surface area (Å²) in [5, 5.41) is 4.40. The Balaban J connectivity index is 2.09. The first-order valence-corrected chi connectivity index (χ1v) is 7.58. The minimum Gasteiger partial charge on any atom is -0.322 e. The fraction of sp³-hybridized carbons (Fsp3) is 0.800. The van der Waals surface area contributed by atoms with Crippen molar-refractivity contribution in [3.05, 3.63) is 18.0 Å². The Morgan fingerprint density at radius 1 is 1.32 bits per heavy atom. The lowest BCUT2D eigenvalue weighted by Crippen LogP contribution is -2.53. The third kappa shape index (κ3) is 3.18. The van der Waals surface area contributed by atoms with Crippen LogP contribution in [0.15, 0.2) is 12.4 Å². The fourth-order valence-electron chi connectivity index (χ4n) is 2.97. The summed E-state index contributed by atoms with van der Waals surface area (Å²) in [4.78, 5) is 2.54. The molecule has 1 aliphatic heterocycles. The molecule has 1 aliphatic rings. The molecule has 1 unspecified atom stereocenters. The van der Waals surface area contributed by atoms with E-state index < -0.39 is 0 Å². The van der Waals surface area contributed by atoms with Crippen molar-refractivity contribution in [2.45, 2.75) is 64.6 Å². The van der Waals surface area contributed by atoms with Crippen LogP contribution in [0.3, 0.4) is 0 Å². The molecule has 1 fully saturated rings. The van der Waals surface area contributed by atoms with Crippen LogP contribution in [0.25, 0.3) is 0 Å². The number of nitrogens with two attached hydrogens (primary N) is 1. The number of nitrogens with zero attached hydrogens (tertiary/aromatic N) is 3. The number of piperidine rings is 1. The molecule has 0 radical (unpaired) electrons. The molecule has 1 aromatic heterocycles. The van der Waals surface area contributed by atoms with E-state index in [0.717, 1.165) is 18.5 Å². The first kappa shape index (κ1) is 14.5. The predicted molar refractivity (Wildman–Crippen MR) is 78.9 cm³/mol. The topological polar surface area (TPSA) is 47.1 Å². The molecule has 4 heteroatoms. The summed E-state index contributed by atoms with van der Waals surface area (Å²) in [5.41, 5.74) is 7.68. The third-order valence-electron chi connectivity index (χ3n) is 4.40. The van der Waals surface area contributed by atoms with Gasteiger partial charge in [-0.3, -0.25) is 9.58 Å². The summed E-state index contributed by atoms with van der Waals surface area (Å²) in [6, 6.07) is 0.0243. The molecular weight excluding hydrogens is 236 g/mol. The Morgan fingerprint density at radius 3 is 2.63 bits per heavy atom. The molecule has 4 nitrogen and oxygen atoms in total. The van der Waals surface area contributed by atoms with E-state index >= 15 is 0 Å².